The number of aliphatic carboxylic acids is 1. The Kier molecular flexibility index (Phi) is 4.72. The highest BCUT2D eigenvalue weighted by molar-refractivity contribution is 5.96. The van der Waals surface area contributed by atoms with E-state index >= 15 is 0 Å². The number of fused-ring (bicyclic) bond motifs is 1. The van der Waals surface area contributed by atoms with E-state index in [4.69, 9.17) is 5.11 Å². The molecule has 1 aliphatic rings. The summed E-state index contributed by atoms with van der Waals surface area (Å²) in [7, 11) is 0. The van der Waals surface area contributed by atoms with Crippen LogP contribution in [0.15, 0.2) is 18.2 Å². The van der Waals surface area contributed by atoms with Crippen LogP contribution in [0.4, 0.5) is 0 Å². The molecular weight excluding hydrogens is 240 g/mol. The number of Topliss-reactive ketones (excluding diaryl/α,β-unsaturated/α-hetero) is 1. The zero-order valence-electron chi connectivity index (χ0n) is 11.2. The molecule has 1 aromatic rings. The van der Waals surface area contributed by atoms with Gasteiger partial charge in [-0.1, -0.05) is 12.1 Å². The van der Waals surface area contributed by atoms with Gasteiger partial charge < -0.3 is 5.11 Å². The molecule has 0 saturated heterocycles. The minimum Gasteiger partial charge on any atom is -0.481 e. The molecule has 0 heterocycles. The number of carboxylic acids is 1. The van der Waals surface area contributed by atoms with Gasteiger partial charge in [-0.2, -0.15) is 0 Å². The molecule has 0 spiro atoms. The molecule has 1 N–H and O–H groups in total. The Bertz CT molecular complexity index is 477. The normalized spacial score (nSPS) is 13.9. The Morgan fingerprint density at radius 2 is 1.68 bits per heavy atom. The molecule has 1 aliphatic carbocycles. The third kappa shape index (κ3) is 3.91. The molecule has 2 rings (SSSR count). The second-order valence-corrected chi connectivity index (χ2v) is 5.21. The second kappa shape index (κ2) is 6.50. The highest BCUT2D eigenvalue weighted by Gasteiger charge is 2.12. The van der Waals surface area contributed by atoms with Crippen molar-refractivity contribution in [1.29, 1.82) is 0 Å². The summed E-state index contributed by atoms with van der Waals surface area (Å²) < 4.78 is 0. The number of aryl methyl sites for hydroxylation is 2. The molecule has 3 heteroatoms. The first-order valence-electron chi connectivity index (χ1n) is 7.03. The van der Waals surface area contributed by atoms with Crippen LogP contribution >= 0.6 is 0 Å². The van der Waals surface area contributed by atoms with E-state index in [0.29, 0.717) is 19.3 Å². The van der Waals surface area contributed by atoms with Crippen molar-refractivity contribution in [1.82, 2.24) is 0 Å². The van der Waals surface area contributed by atoms with E-state index in [1.165, 1.54) is 24.0 Å². The predicted molar refractivity (Wildman–Crippen MR) is 73.5 cm³/mol. The molecule has 0 radical (unpaired) electrons. The number of carboxylic acid groups (broad SMARTS) is 1. The Balaban J connectivity index is 1.90. The summed E-state index contributed by atoms with van der Waals surface area (Å²) in [5.41, 5.74) is 3.49. The largest absolute Gasteiger partial charge is 0.481 e. The lowest BCUT2D eigenvalue weighted by Gasteiger charge is -2.16. The van der Waals surface area contributed by atoms with Gasteiger partial charge in [0.1, 0.15) is 0 Å². The number of carbonyl (C=O) groups excluding carboxylic acids is 1. The zero-order chi connectivity index (χ0) is 13.7. The van der Waals surface area contributed by atoms with Gasteiger partial charge in [-0.15, -0.1) is 0 Å². The maximum Gasteiger partial charge on any atom is 0.303 e. The van der Waals surface area contributed by atoms with Crippen molar-refractivity contribution < 1.29 is 14.7 Å². The predicted octanol–water partition coefficient (Wildman–Crippen LogP) is 3.39. The number of carbonyl (C=O) groups is 2. The van der Waals surface area contributed by atoms with Gasteiger partial charge in [-0.25, -0.2) is 0 Å². The lowest BCUT2D eigenvalue weighted by Crippen LogP contribution is -2.06. The van der Waals surface area contributed by atoms with Crippen LogP contribution in [0.5, 0.6) is 0 Å². The fraction of sp³-hybridized carbons (Fsp3) is 0.500. The van der Waals surface area contributed by atoms with Crippen molar-refractivity contribution in [2.45, 2.75) is 51.4 Å². The molecular formula is C16H20O3. The molecule has 0 unspecified atom stereocenters. The van der Waals surface area contributed by atoms with E-state index in [1.807, 2.05) is 12.1 Å². The topological polar surface area (TPSA) is 54.4 Å². The van der Waals surface area contributed by atoms with Gasteiger partial charge in [0.2, 0.25) is 0 Å². The minimum atomic E-state index is -0.791. The summed E-state index contributed by atoms with van der Waals surface area (Å²) in [5.74, 6) is -0.653. The van der Waals surface area contributed by atoms with E-state index in [2.05, 4.69) is 6.07 Å². The van der Waals surface area contributed by atoms with Crippen LogP contribution in [-0.2, 0) is 17.6 Å². The van der Waals surface area contributed by atoms with Crippen molar-refractivity contribution in [2.75, 3.05) is 0 Å². The van der Waals surface area contributed by atoms with Gasteiger partial charge in [-0.05, 0) is 55.7 Å². The molecule has 0 atom stereocenters. The maximum absolute atomic E-state index is 12.0. The third-order valence-electron chi connectivity index (χ3n) is 3.71. The van der Waals surface area contributed by atoms with E-state index in [0.717, 1.165) is 18.4 Å². The van der Waals surface area contributed by atoms with Gasteiger partial charge >= 0.3 is 5.97 Å². The third-order valence-corrected chi connectivity index (χ3v) is 3.71. The van der Waals surface area contributed by atoms with Crippen LogP contribution in [0.3, 0.4) is 0 Å². The van der Waals surface area contributed by atoms with E-state index in [-0.39, 0.29) is 12.2 Å². The molecule has 0 aliphatic heterocycles. The summed E-state index contributed by atoms with van der Waals surface area (Å²) in [6, 6.07) is 6.04. The molecule has 0 bridgehead atoms. The van der Waals surface area contributed by atoms with Crippen molar-refractivity contribution in [3.8, 4) is 0 Å². The number of unbranched alkanes of at least 4 members (excludes halogenated alkanes) is 1. The van der Waals surface area contributed by atoms with Crippen molar-refractivity contribution in [2.24, 2.45) is 0 Å². The average Bonchev–Trinajstić information content (AvgIpc) is 2.42. The zero-order valence-corrected chi connectivity index (χ0v) is 11.2. The monoisotopic (exact) mass is 260 g/mol. The molecule has 3 nitrogen and oxygen atoms in total. The maximum atomic E-state index is 12.0. The molecule has 102 valence electrons. The van der Waals surface area contributed by atoms with E-state index < -0.39 is 5.97 Å². The summed E-state index contributed by atoms with van der Waals surface area (Å²) in [6.07, 6.45) is 6.49. The smallest absolute Gasteiger partial charge is 0.303 e. The minimum absolute atomic E-state index is 0.138. The highest BCUT2D eigenvalue weighted by atomic mass is 16.4. The van der Waals surface area contributed by atoms with Crippen LogP contribution in [0.1, 0.15) is 60.0 Å². The summed E-state index contributed by atoms with van der Waals surface area (Å²) in [5, 5.41) is 8.54. The van der Waals surface area contributed by atoms with Crippen molar-refractivity contribution in [3.63, 3.8) is 0 Å². The Morgan fingerprint density at radius 3 is 2.42 bits per heavy atom. The van der Waals surface area contributed by atoms with Crippen LogP contribution in [-0.4, -0.2) is 16.9 Å². The number of ketones is 1. The first kappa shape index (κ1) is 13.8. The van der Waals surface area contributed by atoms with Crippen molar-refractivity contribution >= 4 is 11.8 Å². The summed E-state index contributed by atoms with van der Waals surface area (Å²) in [6.45, 7) is 0. The quantitative estimate of drug-likeness (QED) is 0.630. The van der Waals surface area contributed by atoms with Crippen LogP contribution < -0.4 is 0 Å². The van der Waals surface area contributed by atoms with Gasteiger partial charge in [0.15, 0.2) is 5.78 Å². The molecule has 0 amide bonds. The Hall–Kier alpha value is -1.64. The number of hydrogen-bond donors (Lipinski definition) is 1. The molecule has 0 fully saturated rings. The van der Waals surface area contributed by atoms with Crippen LogP contribution in [0.2, 0.25) is 0 Å². The first-order valence-corrected chi connectivity index (χ1v) is 7.03. The SMILES string of the molecule is O=C(O)CCCCC(=O)c1ccc2c(c1)CCCC2. The summed E-state index contributed by atoms with van der Waals surface area (Å²) >= 11 is 0. The number of rotatable bonds is 6. The standard InChI is InChI=1S/C16H20O3/c17-15(7-3-4-8-16(18)19)14-10-9-12-5-1-2-6-13(12)11-14/h9-11H,1-8H2,(H,18,19). The van der Waals surface area contributed by atoms with Gasteiger partial charge in [0, 0.05) is 18.4 Å². The second-order valence-electron chi connectivity index (χ2n) is 5.21. The van der Waals surface area contributed by atoms with Crippen LogP contribution in [0, 0.1) is 0 Å². The Labute approximate surface area is 113 Å². The summed E-state index contributed by atoms with van der Waals surface area (Å²) in [4.78, 5) is 22.4. The highest BCUT2D eigenvalue weighted by Crippen LogP contribution is 2.23. The van der Waals surface area contributed by atoms with Crippen LogP contribution in [0.25, 0.3) is 0 Å². The van der Waals surface area contributed by atoms with Crippen molar-refractivity contribution in [3.05, 3.63) is 34.9 Å². The van der Waals surface area contributed by atoms with E-state index in [1.54, 1.807) is 0 Å². The van der Waals surface area contributed by atoms with Gasteiger partial charge in [0.05, 0.1) is 0 Å². The first-order chi connectivity index (χ1) is 9.16. The lowest BCUT2D eigenvalue weighted by molar-refractivity contribution is -0.137. The number of benzene rings is 1. The molecule has 1 aromatic carbocycles. The van der Waals surface area contributed by atoms with Gasteiger partial charge in [0.25, 0.3) is 0 Å². The lowest BCUT2D eigenvalue weighted by atomic mass is 9.89. The average molecular weight is 260 g/mol. The molecule has 0 aromatic heterocycles. The molecule has 19 heavy (non-hydrogen) atoms. The molecule has 0 saturated carbocycles. The fourth-order valence-electron chi connectivity index (χ4n) is 2.61. The van der Waals surface area contributed by atoms with E-state index in [9.17, 15) is 9.59 Å². The van der Waals surface area contributed by atoms with Gasteiger partial charge in [-0.3, -0.25) is 9.59 Å². The number of hydrogen-bond acceptors (Lipinski definition) is 2. The Morgan fingerprint density at radius 1 is 1.00 bits per heavy atom. The fourth-order valence-corrected chi connectivity index (χ4v) is 2.61.